The van der Waals surface area contributed by atoms with Crippen molar-refractivity contribution in [1.82, 2.24) is 4.57 Å². The Morgan fingerprint density at radius 3 is 2.50 bits per heavy atom. The number of fused-ring (bicyclic) bond motifs is 5. The van der Waals surface area contributed by atoms with Crippen LogP contribution < -0.4 is 9.47 Å². The number of methoxy groups -OCH3 is 2. The maximum Gasteiger partial charge on any atom is 0.152 e. The number of benzene rings is 2. The molecule has 1 aromatic heterocycles. The van der Waals surface area contributed by atoms with Gasteiger partial charge in [-0.25, -0.2) is 0 Å². The van der Waals surface area contributed by atoms with Crippen molar-refractivity contribution in [3.63, 3.8) is 0 Å². The van der Waals surface area contributed by atoms with Gasteiger partial charge in [0.05, 0.1) is 25.4 Å². The lowest BCUT2D eigenvalue weighted by molar-refractivity contribution is 0.112. The molecule has 0 N–H and O–H groups in total. The first kappa shape index (κ1) is 13.0. The molecule has 0 unspecified atom stereocenters. The monoisotopic (exact) mass is 293 g/mol. The van der Waals surface area contributed by atoms with Crippen LogP contribution in [0.15, 0.2) is 36.4 Å². The van der Waals surface area contributed by atoms with Crippen molar-refractivity contribution in [2.75, 3.05) is 14.2 Å². The van der Waals surface area contributed by atoms with Gasteiger partial charge in [-0.15, -0.1) is 0 Å². The van der Waals surface area contributed by atoms with Gasteiger partial charge in [-0.3, -0.25) is 4.79 Å². The Balaban J connectivity index is 2.06. The first-order chi connectivity index (χ1) is 10.8. The molecule has 2 heterocycles. The van der Waals surface area contributed by atoms with Crippen molar-refractivity contribution in [3.05, 3.63) is 47.5 Å². The lowest BCUT2D eigenvalue weighted by Crippen LogP contribution is -1.92. The molecule has 4 heteroatoms. The normalized spacial score (nSPS) is 12.1. The molecule has 0 atom stereocenters. The first-order valence-electron chi connectivity index (χ1n) is 7.09. The minimum Gasteiger partial charge on any atom is -0.497 e. The smallest absolute Gasteiger partial charge is 0.152 e. The third kappa shape index (κ3) is 1.61. The summed E-state index contributed by atoms with van der Waals surface area (Å²) in [6.45, 7) is 0.756. The van der Waals surface area contributed by atoms with E-state index in [1.807, 2.05) is 30.3 Å². The van der Waals surface area contributed by atoms with Gasteiger partial charge in [-0.2, -0.15) is 0 Å². The summed E-state index contributed by atoms with van der Waals surface area (Å²) in [7, 11) is 3.30. The van der Waals surface area contributed by atoms with Gasteiger partial charge in [0.25, 0.3) is 0 Å². The summed E-state index contributed by atoms with van der Waals surface area (Å²) in [6, 6.07) is 11.8. The minimum absolute atomic E-state index is 0.727. The van der Waals surface area contributed by atoms with E-state index in [1.165, 1.54) is 5.56 Å². The van der Waals surface area contributed by atoms with Crippen LogP contribution in [0, 0.1) is 0 Å². The van der Waals surface area contributed by atoms with Crippen LogP contribution in [0.3, 0.4) is 0 Å². The van der Waals surface area contributed by atoms with Crippen molar-refractivity contribution in [2.24, 2.45) is 0 Å². The number of nitrogens with zero attached hydrogens (tertiary/aromatic N) is 1. The van der Waals surface area contributed by atoms with E-state index in [4.69, 9.17) is 9.47 Å². The molecule has 0 saturated heterocycles. The third-order valence-corrected chi connectivity index (χ3v) is 4.33. The van der Waals surface area contributed by atoms with Crippen molar-refractivity contribution < 1.29 is 14.3 Å². The number of aldehydes is 1. The topological polar surface area (TPSA) is 40.5 Å². The van der Waals surface area contributed by atoms with Gasteiger partial charge >= 0.3 is 0 Å². The molecule has 110 valence electrons. The number of rotatable bonds is 3. The molecular formula is C18H15NO3. The van der Waals surface area contributed by atoms with Gasteiger partial charge in [-0.05, 0) is 29.8 Å². The molecule has 4 rings (SSSR count). The number of hydrogen-bond acceptors (Lipinski definition) is 3. The summed E-state index contributed by atoms with van der Waals surface area (Å²) in [4.78, 5) is 11.7. The van der Waals surface area contributed by atoms with Crippen molar-refractivity contribution >= 4 is 17.2 Å². The zero-order valence-electron chi connectivity index (χ0n) is 12.4. The number of carbonyl (C=O) groups excluding carboxylic acids is 1. The van der Waals surface area contributed by atoms with E-state index in [9.17, 15) is 4.79 Å². The lowest BCUT2D eigenvalue weighted by Gasteiger charge is -2.04. The standard InChI is InChI=1S/C18H15NO3/c1-21-12-4-3-11-9-19-17-8-13(22-2)5-6-14(17)16(10-20)18(19)15(11)7-12/h3-8,10H,9H2,1-2H3. The third-order valence-electron chi connectivity index (χ3n) is 4.33. The Bertz CT molecular complexity index is 908. The van der Waals surface area contributed by atoms with Crippen LogP contribution in [-0.2, 0) is 6.54 Å². The van der Waals surface area contributed by atoms with Gasteiger partial charge in [-0.1, -0.05) is 6.07 Å². The SMILES string of the molecule is COc1ccc2c(c1)-c1c(C=O)c3ccc(OC)cc3n1C2. The van der Waals surface area contributed by atoms with Gasteiger partial charge in [0.1, 0.15) is 11.5 Å². The van der Waals surface area contributed by atoms with Crippen molar-refractivity contribution in [1.29, 1.82) is 0 Å². The Kier molecular flexibility index (Phi) is 2.73. The summed E-state index contributed by atoms with van der Waals surface area (Å²) in [5.74, 6) is 1.59. The largest absolute Gasteiger partial charge is 0.497 e. The fraction of sp³-hybridized carbons (Fsp3) is 0.167. The number of hydrogen-bond donors (Lipinski definition) is 0. The van der Waals surface area contributed by atoms with E-state index in [0.29, 0.717) is 0 Å². The molecular weight excluding hydrogens is 278 g/mol. The average Bonchev–Trinajstić information content (AvgIpc) is 3.08. The van der Waals surface area contributed by atoms with Crippen LogP contribution in [0.1, 0.15) is 15.9 Å². The summed E-state index contributed by atoms with van der Waals surface area (Å²) in [5, 5.41) is 0.958. The molecule has 0 radical (unpaired) electrons. The second-order valence-corrected chi connectivity index (χ2v) is 5.37. The lowest BCUT2D eigenvalue weighted by atomic mass is 10.0. The second kappa shape index (κ2) is 4.63. The maximum absolute atomic E-state index is 11.7. The highest BCUT2D eigenvalue weighted by Crippen LogP contribution is 2.42. The molecule has 22 heavy (non-hydrogen) atoms. The second-order valence-electron chi connectivity index (χ2n) is 5.37. The summed E-state index contributed by atoms with van der Waals surface area (Å²) in [5.41, 5.74) is 4.98. The van der Waals surface area contributed by atoms with Crippen molar-refractivity contribution in [2.45, 2.75) is 6.54 Å². The average molecular weight is 293 g/mol. The molecule has 0 amide bonds. The van der Waals surface area contributed by atoms with Gasteiger partial charge in [0.2, 0.25) is 0 Å². The van der Waals surface area contributed by atoms with E-state index >= 15 is 0 Å². The maximum atomic E-state index is 11.7. The highest BCUT2D eigenvalue weighted by Gasteiger charge is 2.26. The fourth-order valence-electron chi connectivity index (χ4n) is 3.27. The fourth-order valence-corrected chi connectivity index (χ4v) is 3.27. The van der Waals surface area contributed by atoms with Crippen LogP contribution in [0.5, 0.6) is 11.5 Å². The van der Waals surface area contributed by atoms with Crippen LogP contribution in [0.4, 0.5) is 0 Å². The van der Waals surface area contributed by atoms with Crippen LogP contribution in [0.25, 0.3) is 22.2 Å². The van der Waals surface area contributed by atoms with Crippen LogP contribution in [-0.4, -0.2) is 25.1 Å². The molecule has 1 aliphatic rings. The van der Waals surface area contributed by atoms with Crippen LogP contribution in [0.2, 0.25) is 0 Å². The van der Waals surface area contributed by atoms with Crippen LogP contribution >= 0.6 is 0 Å². The zero-order chi connectivity index (χ0) is 15.3. The predicted octanol–water partition coefficient (Wildman–Crippen LogP) is 3.50. The zero-order valence-corrected chi connectivity index (χ0v) is 12.4. The van der Waals surface area contributed by atoms with Gasteiger partial charge in [0, 0.05) is 29.1 Å². The van der Waals surface area contributed by atoms with Crippen molar-refractivity contribution in [3.8, 4) is 22.8 Å². The Labute approximate surface area is 127 Å². The highest BCUT2D eigenvalue weighted by atomic mass is 16.5. The predicted molar refractivity (Wildman–Crippen MR) is 85.0 cm³/mol. The number of ether oxygens (including phenoxy) is 2. The summed E-state index contributed by atoms with van der Waals surface area (Å²) in [6.07, 6.45) is 0.940. The van der Waals surface area contributed by atoms with E-state index in [1.54, 1.807) is 14.2 Å². The Morgan fingerprint density at radius 1 is 1.05 bits per heavy atom. The summed E-state index contributed by atoms with van der Waals surface area (Å²) >= 11 is 0. The first-order valence-corrected chi connectivity index (χ1v) is 7.09. The van der Waals surface area contributed by atoms with E-state index in [0.717, 1.165) is 52.1 Å². The van der Waals surface area contributed by atoms with E-state index in [2.05, 4.69) is 10.6 Å². The number of aromatic nitrogens is 1. The molecule has 0 aliphatic carbocycles. The molecule has 0 bridgehead atoms. The Hall–Kier alpha value is -2.75. The Morgan fingerprint density at radius 2 is 1.77 bits per heavy atom. The van der Waals surface area contributed by atoms with E-state index in [-0.39, 0.29) is 0 Å². The number of carbonyl (C=O) groups is 1. The quantitative estimate of drug-likeness (QED) is 0.543. The molecule has 0 saturated carbocycles. The highest BCUT2D eigenvalue weighted by molar-refractivity contribution is 6.06. The molecule has 4 nitrogen and oxygen atoms in total. The molecule has 1 aliphatic heterocycles. The molecule has 2 aromatic carbocycles. The molecule has 3 aromatic rings. The minimum atomic E-state index is 0.727. The van der Waals surface area contributed by atoms with Gasteiger partial charge < -0.3 is 14.0 Å². The molecule has 0 fully saturated rings. The molecule has 0 spiro atoms. The van der Waals surface area contributed by atoms with E-state index < -0.39 is 0 Å². The van der Waals surface area contributed by atoms with Gasteiger partial charge in [0.15, 0.2) is 6.29 Å². The summed E-state index contributed by atoms with van der Waals surface area (Å²) < 4.78 is 12.8.